The second-order valence-corrected chi connectivity index (χ2v) is 6.91. The summed E-state index contributed by atoms with van der Waals surface area (Å²) in [5.41, 5.74) is 1.85. The number of benzene rings is 1. The highest BCUT2D eigenvalue weighted by Gasteiger charge is 2.25. The molecule has 1 saturated heterocycles. The van der Waals surface area contributed by atoms with Crippen LogP contribution in [-0.4, -0.2) is 23.5 Å². The van der Waals surface area contributed by atoms with Crippen LogP contribution < -0.4 is 10.6 Å². The van der Waals surface area contributed by atoms with Crippen LogP contribution in [0.2, 0.25) is 5.02 Å². The fourth-order valence-electron chi connectivity index (χ4n) is 2.66. The molecule has 6 heteroatoms. The van der Waals surface area contributed by atoms with Crippen molar-refractivity contribution in [2.24, 2.45) is 5.92 Å². The van der Waals surface area contributed by atoms with Crippen molar-refractivity contribution in [3.05, 3.63) is 34.7 Å². The van der Waals surface area contributed by atoms with E-state index in [1.165, 1.54) is 11.3 Å². The van der Waals surface area contributed by atoms with Gasteiger partial charge in [-0.05, 0) is 38.4 Å². The molecule has 2 heterocycles. The number of nitrogens with one attached hydrogen (secondary N) is 2. The number of nitrogens with zero attached hydrogens (tertiary/aromatic N) is 1. The lowest BCUT2D eigenvalue weighted by Gasteiger charge is -2.26. The van der Waals surface area contributed by atoms with Crippen LogP contribution in [0.3, 0.4) is 0 Å². The lowest BCUT2D eigenvalue weighted by molar-refractivity contribution is -0.120. The van der Waals surface area contributed by atoms with E-state index in [4.69, 9.17) is 11.6 Å². The van der Waals surface area contributed by atoms with Gasteiger partial charge in [-0.2, -0.15) is 0 Å². The Morgan fingerprint density at radius 3 is 2.91 bits per heavy atom. The number of halogens is 1. The summed E-state index contributed by atoms with van der Waals surface area (Å²) >= 11 is 7.34. The number of aromatic nitrogens is 1. The van der Waals surface area contributed by atoms with Crippen LogP contribution in [0.25, 0.3) is 11.3 Å². The van der Waals surface area contributed by atoms with Crippen LogP contribution in [0.15, 0.2) is 29.6 Å². The minimum Gasteiger partial charge on any atom is -0.314 e. The van der Waals surface area contributed by atoms with Gasteiger partial charge in [-0.3, -0.25) is 4.79 Å². The molecule has 2 aromatic rings. The Balaban J connectivity index is 1.66. The van der Waals surface area contributed by atoms with E-state index < -0.39 is 0 Å². The van der Waals surface area contributed by atoms with E-state index in [1.54, 1.807) is 0 Å². The van der Waals surface area contributed by atoms with E-state index in [0.717, 1.165) is 30.6 Å². The van der Waals surface area contributed by atoms with Crippen molar-refractivity contribution in [3.63, 3.8) is 0 Å². The fraction of sp³-hybridized carbons (Fsp3) is 0.375. The molecule has 0 radical (unpaired) electrons. The smallest absolute Gasteiger partial charge is 0.229 e. The van der Waals surface area contributed by atoms with E-state index in [-0.39, 0.29) is 11.8 Å². The number of thiazole rings is 1. The SMILES string of the molecule is C[C@H]1C[C@@H](C(=O)Nc2nc(-c3ccc(Cl)cc3)cs2)CCN1. The molecule has 1 aliphatic heterocycles. The number of rotatable bonds is 3. The standard InChI is InChI=1S/C16H18ClN3OS/c1-10-8-12(6-7-18-10)15(21)20-16-19-14(9-22-16)11-2-4-13(17)5-3-11/h2-5,9-10,12,18H,6-8H2,1H3,(H,19,20,21)/t10-,12-/m0/s1. The highest BCUT2D eigenvalue weighted by Crippen LogP contribution is 2.27. The van der Waals surface area contributed by atoms with Crippen LogP contribution in [0.1, 0.15) is 19.8 Å². The molecular formula is C16H18ClN3OS. The Kier molecular flexibility index (Phi) is 4.76. The zero-order valence-corrected chi connectivity index (χ0v) is 13.9. The third-order valence-corrected chi connectivity index (χ3v) is 4.88. The zero-order valence-electron chi connectivity index (χ0n) is 12.3. The van der Waals surface area contributed by atoms with Gasteiger partial charge in [0, 0.05) is 27.9 Å². The number of anilines is 1. The second-order valence-electron chi connectivity index (χ2n) is 5.61. The molecule has 1 amide bonds. The molecule has 0 saturated carbocycles. The molecule has 2 atom stereocenters. The summed E-state index contributed by atoms with van der Waals surface area (Å²) in [6.45, 7) is 3.01. The average molecular weight is 336 g/mol. The molecule has 1 fully saturated rings. The summed E-state index contributed by atoms with van der Waals surface area (Å²) in [5, 5.41) is 9.61. The van der Waals surface area contributed by atoms with Gasteiger partial charge in [0.15, 0.2) is 5.13 Å². The summed E-state index contributed by atoms with van der Waals surface area (Å²) in [6, 6.07) is 7.93. The number of hydrogen-bond donors (Lipinski definition) is 2. The highest BCUT2D eigenvalue weighted by atomic mass is 35.5. The van der Waals surface area contributed by atoms with Gasteiger partial charge in [0.1, 0.15) is 0 Å². The van der Waals surface area contributed by atoms with Crippen molar-refractivity contribution in [1.29, 1.82) is 0 Å². The molecule has 116 valence electrons. The summed E-state index contributed by atoms with van der Waals surface area (Å²) in [7, 11) is 0. The van der Waals surface area contributed by atoms with E-state index in [0.29, 0.717) is 16.2 Å². The Morgan fingerprint density at radius 1 is 1.41 bits per heavy atom. The minimum absolute atomic E-state index is 0.0686. The van der Waals surface area contributed by atoms with Crippen LogP contribution in [-0.2, 0) is 4.79 Å². The van der Waals surface area contributed by atoms with Crippen LogP contribution >= 0.6 is 22.9 Å². The highest BCUT2D eigenvalue weighted by molar-refractivity contribution is 7.14. The quantitative estimate of drug-likeness (QED) is 0.897. The van der Waals surface area contributed by atoms with Gasteiger partial charge in [0.05, 0.1) is 5.69 Å². The number of carbonyl (C=O) groups is 1. The Hall–Kier alpha value is -1.43. The summed E-state index contributed by atoms with van der Waals surface area (Å²) < 4.78 is 0. The Labute approximate surface area is 138 Å². The molecule has 2 N–H and O–H groups in total. The first-order valence-electron chi connectivity index (χ1n) is 7.37. The maximum atomic E-state index is 12.3. The van der Waals surface area contributed by atoms with Crippen molar-refractivity contribution >= 4 is 34.0 Å². The normalized spacial score (nSPS) is 21.5. The van der Waals surface area contributed by atoms with Gasteiger partial charge in [0.25, 0.3) is 0 Å². The van der Waals surface area contributed by atoms with E-state index in [2.05, 4.69) is 22.5 Å². The minimum atomic E-state index is 0.0686. The third-order valence-electron chi connectivity index (χ3n) is 3.87. The van der Waals surface area contributed by atoms with Gasteiger partial charge in [0.2, 0.25) is 5.91 Å². The van der Waals surface area contributed by atoms with E-state index in [9.17, 15) is 4.79 Å². The van der Waals surface area contributed by atoms with Crippen LogP contribution in [0.5, 0.6) is 0 Å². The fourth-order valence-corrected chi connectivity index (χ4v) is 3.51. The van der Waals surface area contributed by atoms with Crippen LogP contribution in [0.4, 0.5) is 5.13 Å². The van der Waals surface area contributed by atoms with Crippen molar-refractivity contribution in [1.82, 2.24) is 10.3 Å². The molecule has 0 unspecified atom stereocenters. The first-order valence-corrected chi connectivity index (χ1v) is 8.63. The molecule has 1 aromatic carbocycles. The van der Waals surface area contributed by atoms with Gasteiger partial charge in [-0.1, -0.05) is 23.7 Å². The zero-order chi connectivity index (χ0) is 15.5. The summed E-state index contributed by atoms with van der Waals surface area (Å²) in [5.74, 6) is 0.143. The Bertz CT molecular complexity index is 656. The van der Waals surface area contributed by atoms with Crippen molar-refractivity contribution in [2.45, 2.75) is 25.8 Å². The van der Waals surface area contributed by atoms with Crippen molar-refractivity contribution < 1.29 is 4.79 Å². The lowest BCUT2D eigenvalue weighted by atomic mass is 9.92. The number of hydrogen-bond acceptors (Lipinski definition) is 4. The van der Waals surface area contributed by atoms with Gasteiger partial charge in [-0.15, -0.1) is 11.3 Å². The topological polar surface area (TPSA) is 54.0 Å². The molecule has 1 aliphatic rings. The van der Waals surface area contributed by atoms with Crippen molar-refractivity contribution in [3.8, 4) is 11.3 Å². The monoisotopic (exact) mass is 335 g/mol. The van der Waals surface area contributed by atoms with E-state index in [1.807, 2.05) is 29.6 Å². The van der Waals surface area contributed by atoms with Gasteiger partial charge >= 0.3 is 0 Å². The van der Waals surface area contributed by atoms with Gasteiger partial charge in [-0.25, -0.2) is 4.98 Å². The Morgan fingerprint density at radius 2 is 2.18 bits per heavy atom. The summed E-state index contributed by atoms with van der Waals surface area (Å²) in [6.07, 6.45) is 1.76. The van der Waals surface area contributed by atoms with Crippen LogP contribution in [0, 0.1) is 5.92 Å². The molecule has 3 rings (SSSR count). The first kappa shape index (κ1) is 15.5. The lowest BCUT2D eigenvalue weighted by Crippen LogP contribution is -2.40. The maximum absolute atomic E-state index is 12.3. The van der Waals surface area contributed by atoms with Gasteiger partial charge < -0.3 is 10.6 Å². The molecule has 0 aliphatic carbocycles. The largest absolute Gasteiger partial charge is 0.314 e. The molecule has 0 spiro atoms. The van der Waals surface area contributed by atoms with E-state index >= 15 is 0 Å². The number of carbonyl (C=O) groups excluding carboxylic acids is 1. The molecular weight excluding hydrogens is 318 g/mol. The third kappa shape index (κ3) is 3.66. The molecule has 22 heavy (non-hydrogen) atoms. The molecule has 1 aromatic heterocycles. The number of piperidine rings is 1. The number of amides is 1. The van der Waals surface area contributed by atoms with Crippen molar-refractivity contribution in [2.75, 3.05) is 11.9 Å². The maximum Gasteiger partial charge on any atom is 0.229 e. The second kappa shape index (κ2) is 6.77. The predicted molar refractivity (Wildman–Crippen MR) is 91.4 cm³/mol. The summed E-state index contributed by atoms with van der Waals surface area (Å²) in [4.78, 5) is 16.8. The molecule has 4 nitrogen and oxygen atoms in total. The first-order chi connectivity index (χ1) is 10.6. The molecule has 0 bridgehead atoms. The average Bonchev–Trinajstić information content (AvgIpc) is 2.96. The predicted octanol–water partition coefficient (Wildman–Crippen LogP) is 3.79.